The maximum atomic E-state index is 5.64. The highest BCUT2D eigenvalue weighted by Gasteiger charge is 2.42. The lowest BCUT2D eigenvalue weighted by atomic mass is 9.81. The van der Waals surface area contributed by atoms with Gasteiger partial charge in [-0.1, -0.05) is 179 Å². The molecule has 2 aromatic heterocycles. The Bertz CT molecular complexity index is 3850. The molecule has 2 aliphatic carbocycles. The van der Waals surface area contributed by atoms with Crippen molar-refractivity contribution in [3.8, 4) is 95.5 Å². The van der Waals surface area contributed by atoms with Gasteiger partial charge < -0.3 is 4.57 Å². The second kappa shape index (κ2) is 13.7. The van der Waals surface area contributed by atoms with Crippen molar-refractivity contribution in [1.82, 2.24) is 19.5 Å². The van der Waals surface area contributed by atoms with Crippen molar-refractivity contribution in [2.75, 3.05) is 0 Å². The van der Waals surface area contributed by atoms with Gasteiger partial charge in [-0.05, 0) is 109 Å². The van der Waals surface area contributed by atoms with Crippen molar-refractivity contribution in [2.24, 2.45) is 0 Å². The van der Waals surface area contributed by atoms with Gasteiger partial charge in [0.1, 0.15) is 0 Å². The van der Waals surface area contributed by atoms with Crippen LogP contribution in [0.5, 0.6) is 0 Å². The summed E-state index contributed by atoms with van der Waals surface area (Å²) in [6.45, 7) is 9.43. The predicted molar refractivity (Wildman–Crippen MR) is 275 cm³/mol. The van der Waals surface area contributed by atoms with E-state index in [4.69, 9.17) is 15.0 Å². The SMILES string of the molecule is CC1(C)c2ccccc2-c2ccc(-c3nc(-c4cc(-c5ccccc5)cc(-c5ccccc5)c4)nc(-c4cc5c6c7c4c4ccccc4n7-c4ccccc4-c4cccc(c4-6)C5(C)C)n3)cc21. The first-order valence-corrected chi connectivity index (χ1v) is 23.4. The summed E-state index contributed by atoms with van der Waals surface area (Å²) in [6, 6.07) is 70.8. The van der Waals surface area contributed by atoms with Crippen molar-refractivity contribution < 1.29 is 0 Å². The zero-order valence-corrected chi connectivity index (χ0v) is 37.8. The summed E-state index contributed by atoms with van der Waals surface area (Å²) in [7, 11) is 0. The number of benzene rings is 9. The lowest BCUT2D eigenvalue weighted by Gasteiger charge is -2.23. The van der Waals surface area contributed by atoms with E-state index >= 15 is 0 Å². The molecule has 0 atom stereocenters. The lowest BCUT2D eigenvalue weighted by Crippen LogP contribution is -2.15. The van der Waals surface area contributed by atoms with E-state index in [-0.39, 0.29) is 10.8 Å². The highest BCUT2D eigenvalue weighted by atomic mass is 15.0. The van der Waals surface area contributed by atoms with Crippen molar-refractivity contribution in [2.45, 2.75) is 38.5 Å². The molecule has 0 saturated heterocycles. The van der Waals surface area contributed by atoms with E-state index in [1.807, 2.05) is 0 Å². The van der Waals surface area contributed by atoms with Crippen LogP contribution in [0.1, 0.15) is 49.9 Å². The van der Waals surface area contributed by atoms with Crippen LogP contribution in [0.4, 0.5) is 0 Å². The van der Waals surface area contributed by atoms with Crippen molar-refractivity contribution in [1.29, 1.82) is 0 Å². The van der Waals surface area contributed by atoms with Crippen LogP contribution in [0.2, 0.25) is 0 Å². The molecular formula is C63H44N4. The van der Waals surface area contributed by atoms with Crippen LogP contribution >= 0.6 is 0 Å². The number of rotatable bonds is 5. The van der Waals surface area contributed by atoms with E-state index in [0.29, 0.717) is 17.5 Å². The lowest BCUT2D eigenvalue weighted by molar-refractivity contribution is 0.660. The van der Waals surface area contributed by atoms with Crippen LogP contribution < -0.4 is 0 Å². The standard InChI is InChI=1S/C63H44N4/c1-62(2)49-26-14-11-22-43(49)44-31-30-39(35-51(44)62)59-64-60(42-33-40(37-18-7-5-8-19-37)32-41(34-42)38-20-9-6-10-21-38)66-61(65-59)48-36-52-57-56-46(25-17-27-50(56)63(52,3)4)45-23-12-15-28-53(45)67-54-29-16-13-24-47(54)55(48)58(57)67/h5-36H,1-4H3. The minimum Gasteiger partial charge on any atom is -0.308 e. The number of para-hydroxylation sites is 2. The molecule has 0 fully saturated rings. The van der Waals surface area contributed by atoms with Crippen LogP contribution in [0.3, 0.4) is 0 Å². The Kier molecular flexibility index (Phi) is 7.77. The van der Waals surface area contributed by atoms with Crippen LogP contribution in [0.15, 0.2) is 194 Å². The Morgan fingerprint density at radius 2 is 0.910 bits per heavy atom. The summed E-state index contributed by atoms with van der Waals surface area (Å²) < 4.78 is 2.52. The Balaban J connectivity index is 1.09. The second-order valence-electron chi connectivity index (χ2n) is 19.6. The molecule has 9 aromatic carbocycles. The summed E-state index contributed by atoms with van der Waals surface area (Å²) in [5.41, 5.74) is 23.4. The molecule has 0 radical (unpaired) electrons. The summed E-state index contributed by atoms with van der Waals surface area (Å²) in [6.07, 6.45) is 0. The molecule has 3 aliphatic rings. The Hall–Kier alpha value is -8.21. The third kappa shape index (κ3) is 5.33. The average molecular weight is 857 g/mol. The van der Waals surface area contributed by atoms with Crippen molar-refractivity contribution >= 4 is 21.8 Å². The Morgan fingerprint density at radius 3 is 1.67 bits per heavy atom. The van der Waals surface area contributed by atoms with Gasteiger partial charge in [0.05, 0.1) is 16.7 Å². The molecule has 0 N–H and O–H groups in total. The fourth-order valence-corrected chi connectivity index (χ4v) is 11.9. The highest BCUT2D eigenvalue weighted by molar-refractivity contribution is 6.23. The van der Waals surface area contributed by atoms with Gasteiger partial charge in [-0.15, -0.1) is 0 Å². The molecule has 67 heavy (non-hydrogen) atoms. The third-order valence-corrected chi connectivity index (χ3v) is 15.2. The molecule has 0 unspecified atom stereocenters. The maximum Gasteiger partial charge on any atom is 0.164 e. The smallest absolute Gasteiger partial charge is 0.164 e. The second-order valence-corrected chi connectivity index (χ2v) is 19.6. The molecule has 4 heteroatoms. The summed E-state index contributed by atoms with van der Waals surface area (Å²) in [5.74, 6) is 1.94. The van der Waals surface area contributed by atoms with Crippen molar-refractivity contribution in [3.05, 3.63) is 216 Å². The summed E-state index contributed by atoms with van der Waals surface area (Å²) >= 11 is 0. The first-order valence-electron chi connectivity index (χ1n) is 23.4. The van der Waals surface area contributed by atoms with Gasteiger partial charge >= 0.3 is 0 Å². The monoisotopic (exact) mass is 856 g/mol. The predicted octanol–water partition coefficient (Wildman–Crippen LogP) is 15.9. The van der Waals surface area contributed by atoms with Crippen molar-refractivity contribution in [3.63, 3.8) is 0 Å². The van der Waals surface area contributed by atoms with Crippen LogP contribution in [0.25, 0.3) is 117 Å². The van der Waals surface area contributed by atoms with E-state index in [9.17, 15) is 0 Å². The Labute approximate surface area is 390 Å². The van der Waals surface area contributed by atoms with E-state index < -0.39 is 0 Å². The zero-order chi connectivity index (χ0) is 44.8. The van der Waals surface area contributed by atoms with Gasteiger partial charge in [0.15, 0.2) is 17.5 Å². The van der Waals surface area contributed by atoms with Crippen LogP contribution in [-0.4, -0.2) is 19.5 Å². The third-order valence-electron chi connectivity index (χ3n) is 15.2. The summed E-state index contributed by atoms with van der Waals surface area (Å²) in [5, 5.41) is 2.33. The van der Waals surface area contributed by atoms with Gasteiger partial charge in [0, 0.05) is 49.4 Å². The molecule has 316 valence electrons. The van der Waals surface area contributed by atoms with Gasteiger partial charge in [-0.25, -0.2) is 15.0 Å². The van der Waals surface area contributed by atoms with E-state index in [2.05, 4.69) is 226 Å². The quantitative estimate of drug-likeness (QED) is 0.173. The zero-order valence-electron chi connectivity index (χ0n) is 37.8. The fourth-order valence-electron chi connectivity index (χ4n) is 11.9. The highest BCUT2D eigenvalue weighted by Crippen LogP contribution is 2.59. The molecule has 11 aromatic rings. The first kappa shape index (κ1) is 38.1. The fraction of sp³-hybridized carbons (Fsp3) is 0.0952. The van der Waals surface area contributed by atoms with Crippen LogP contribution in [0, 0.1) is 0 Å². The number of fused-ring (bicyclic) bond motifs is 9. The largest absolute Gasteiger partial charge is 0.308 e. The van der Waals surface area contributed by atoms with Gasteiger partial charge in [-0.2, -0.15) is 0 Å². The van der Waals surface area contributed by atoms with Gasteiger partial charge in [-0.3, -0.25) is 0 Å². The molecule has 0 bridgehead atoms. The minimum atomic E-state index is -0.287. The van der Waals surface area contributed by atoms with Crippen LogP contribution in [-0.2, 0) is 10.8 Å². The first-order chi connectivity index (χ1) is 32.7. The molecule has 0 spiro atoms. The minimum absolute atomic E-state index is 0.189. The van der Waals surface area contributed by atoms with Gasteiger partial charge in [0.25, 0.3) is 0 Å². The molecule has 14 rings (SSSR count). The van der Waals surface area contributed by atoms with E-state index in [1.54, 1.807) is 0 Å². The number of hydrogen-bond acceptors (Lipinski definition) is 3. The van der Waals surface area contributed by atoms with Gasteiger partial charge in [0.2, 0.25) is 0 Å². The number of nitrogens with zero attached hydrogens (tertiary/aromatic N) is 4. The number of hydrogen-bond donors (Lipinski definition) is 0. The molecule has 3 heterocycles. The average Bonchev–Trinajstić information content (AvgIpc) is 3.89. The number of aromatic nitrogens is 4. The molecule has 0 saturated carbocycles. The molecule has 1 aliphatic heterocycles. The topological polar surface area (TPSA) is 43.6 Å². The van der Waals surface area contributed by atoms with E-state index in [0.717, 1.165) is 49.8 Å². The maximum absolute atomic E-state index is 5.64. The Morgan fingerprint density at radius 1 is 0.343 bits per heavy atom. The summed E-state index contributed by atoms with van der Waals surface area (Å²) in [4.78, 5) is 16.8. The molecule has 0 amide bonds. The normalized spacial score (nSPS) is 14.2. The molecular weight excluding hydrogens is 813 g/mol. The molecule has 4 nitrogen and oxygen atoms in total. The van der Waals surface area contributed by atoms with E-state index in [1.165, 1.54) is 72.2 Å².